The number of hydrogen-bond acceptors (Lipinski definition) is 5. The minimum Gasteiger partial charge on any atom is -0.491 e. The lowest BCUT2D eigenvalue weighted by Gasteiger charge is -2.03. The van der Waals surface area contributed by atoms with Gasteiger partial charge in [0.2, 0.25) is 0 Å². The van der Waals surface area contributed by atoms with Crippen LogP contribution in [0.5, 0.6) is 11.5 Å². The largest absolute Gasteiger partial charge is 0.491 e. The normalized spacial score (nSPS) is 28.2. The molecule has 0 aliphatic carbocycles. The fourth-order valence-electron chi connectivity index (χ4n) is 2.25. The maximum Gasteiger partial charge on any atom is 0.191 e. The minimum atomic E-state index is -0.245. The standard InChI is InChI=1S/C18H18O5/c1-3-7-13(8-4-1)19-11-15-17(21-15)23-18-16(22-18)12-20-14-9-5-2-6-10-14/h1-10,15-18H,11-12H2. The van der Waals surface area contributed by atoms with Crippen molar-refractivity contribution in [2.75, 3.05) is 13.2 Å². The Labute approximate surface area is 134 Å². The first-order valence-corrected chi connectivity index (χ1v) is 7.70. The summed E-state index contributed by atoms with van der Waals surface area (Å²) in [5.74, 6) is 1.66. The Kier molecular flexibility index (Phi) is 4.15. The van der Waals surface area contributed by atoms with Crippen LogP contribution in [-0.4, -0.2) is 38.0 Å². The van der Waals surface area contributed by atoms with E-state index in [1.54, 1.807) is 0 Å². The number of epoxide rings is 2. The predicted molar refractivity (Wildman–Crippen MR) is 82.3 cm³/mol. The lowest BCUT2D eigenvalue weighted by molar-refractivity contribution is -0.0105. The number of hydrogen-bond donors (Lipinski definition) is 0. The van der Waals surface area contributed by atoms with Gasteiger partial charge in [-0.25, -0.2) is 0 Å². The summed E-state index contributed by atoms with van der Waals surface area (Å²) < 4.78 is 27.8. The highest BCUT2D eigenvalue weighted by Gasteiger charge is 2.50. The van der Waals surface area contributed by atoms with Gasteiger partial charge in [0.1, 0.15) is 36.9 Å². The first-order valence-electron chi connectivity index (χ1n) is 7.70. The zero-order valence-corrected chi connectivity index (χ0v) is 12.5. The summed E-state index contributed by atoms with van der Waals surface area (Å²) in [6.45, 7) is 0.958. The molecule has 0 aromatic heterocycles. The SMILES string of the molecule is c1ccc(OCC2OC2OC2OC2COc2ccccc2)cc1. The molecule has 0 radical (unpaired) electrons. The molecule has 0 amide bonds. The topological polar surface area (TPSA) is 52.8 Å². The molecule has 0 bridgehead atoms. The van der Waals surface area contributed by atoms with Crippen molar-refractivity contribution >= 4 is 0 Å². The summed E-state index contributed by atoms with van der Waals surface area (Å²) in [5.41, 5.74) is 0. The molecule has 0 spiro atoms. The fourth-order valence-corrected chi connectivity index (χ4v) is 2.25. The van der Waals surface area contributed by atoms with E-state index in [2.05, 4.69) is 0 Å². The monoisotopic (exact) mass is 314 g/mol. The van der Waals surface area contributed by atoms with Crippen molar-refractivity contribution < 1.29 is 23.7 Å². The average molecular weight is 314 g/mol. The van der Waals surface area contributed by atoms with E-state index >= 15 is 0 Å². The van der Waals surface area contributed by atoms with Gasteiger partial charge in [-0.15, -0.1) is 0 Å². The number of benzene rings is 2. The first-order chi connectivity index (χ1) is 11.4. The van der Waals surface area contributed by atoms with Crippen LogP contribution in [0.25, 0.3) is 0 Å². The van der Waals surface area contributed by atoms with Crippen molar-refractivity contribution in [2.24, 2.45) is 0 Å². The summed E-state index contributed by atoms with van der Waals surface area (Å²) in [4.78, 5) is 0. The van der Waals surface area contributed by atoms with Gasteiger partial charge < -0.3 is 23.7 Å². The molecule has 2 saturated heterocycles. The molecule has 0 N–H and O–H groups in total. The predicted octanol–water partition coefficient (Wildman–Crippen LogP) is 2.61. The molecule has 23 heavy (non-hydrogen) atoms. The van der Waals surface area contributed by atoms with Crippen molar-refractivity contribution in [2.45, 2.75) is 24.8 Å². The molecule has 2 fully saturated rings. The van der Waals surface area contributed by atoms with Crippen molar-refractivity contribution in [1.82, 2.24) is 0 Å². The van der Waals surface area contributed by atoms with Gasteiger partial charge in [-0.1, -0.05) is 36.4 Å². The second kappa shape index (κ2) is 6.58. The van der Waals surface area contributed by atoms with Gasteiger partial charge in [-0.2, -0.15) is 0 Å². The summed E-state index contributed by atoms with van der Waals surface area (Å²) in [6, 6.07) is 19.3. The molecule has 0 saturated carbocycles. The Balaban J connectivity index is 1.12. The highest BCUT2D eigenvalue weighted by atomic mass is 16.9. The number of para-hydroxylation sites is 2. The molecule has 2 aromatic carbocycles. The summed E-state index contributed by atoms with van der Waals surface area (Å²) in [7, 11) is 0. The zero-order valence-electron chi connectivity index (χ0n) is 12.5. The molecule has 2 aliphatic rings. The molecule has 2 aliphatic heterocycles. The molecule has 5 heteroatoms. The minimum absolute atomic E-state index is 0.0323. The number of rotatable bonds is 8. The Morgan fingerprint density at radius 1 is 0.652 bits per heavy atom. The average Bonchev–Trinajstić information content (AvgIpc) is 3.52. The van der Waals surface area contributed by atoms with Crippen LogP contribution in [0.2, 0.25) is 0 Å². The van der Waals surface area contributed by atoms with Gasteiger partial charge in [0.15, 0.2) is 12.6 Å². The zero-order chi connectivity index (χ0) is 15.5. The van der Waals surface area contributed by atoms with Crippen molar-refractivity contribution in [3.8, 4) is 11.5 Å². The van der Waals surface area contributed by atoms with Gasteiger partial charge in [0.05, 0.1) is 0 Å². The van der Waals surface area contributed by atoms with Gasteiger partial charge >= 0.3 is 0 Å². The quantitative estimate of drug-likeness (QED) is 0.701. The van der Waals surface area contributed by atoms with Crippen LogP contribution in [0.1, 0.15) is 0 Å². The van der Waals surface area contributed by atoms with Gasteiger partial charge in [-0.3, -0.25) is 0 Å². The molecule has 4 unspecified atom stereocenters. The van der Waals surface area contributed by atoms with Crippen LogP contribution >= 0.6 is 0 Å². The molecule has 120 valence electrons. The third-order valence-electron chi connectivity index (χ3n) is 3.65. The summed E-state index contributed by atoms with van der Waals surface area (Å²) in [6.07, 6.45) is -0.555. The lowest BCUT2D eigenvalue weighted by atomic mass is 10.3. The van der Waals surface area contributed by atoms with Crippen LogP contribution in [0.4, 0.5) is 0 Å². The fraction of sp³-hybridized carbons (Fsp3) is 0.333. The van der Waals surface area contributed by atoms with Gasteiger partial charge in [0.25, 0.3) is 0 Å². The molecule has 4 rings (SSSR count). The van der Waals surface area contributed by atoms with Crippen LogP contribution in [0, 0.1) is 0 Å². The van der Waals surface area contributed by atoms with E-state index < -0.39 is 0 Å². The van der Waals surface area contributed by atoms with Gasteiger partial charge in [-0.05, 0) is 24.3 Å². The van der Waals surface area contributed by atoms with E-state index in [1.807, 2.05) is 60.7 Å². The summed E-state index contributed by atoms with van der Waals surface area (Å²) in [5, 5.41) is 0. The molecule has 2 aromatic rings. The van der Waals surface area contributed by atoms with E-state index in [9.17, 15) is 0 Å². The van der Waals surface area contributed by atoms with E-state index in [-0.39, 0.29) is 24.8 Å². The van der Waals surface area contributed by atoms with Crippen molar-refractivity contribution in [3.05, 3.63) is 60.7 Å². The Bertz CT molecular complexity index is 562. The molecule has 2 heterocycles. The van der Waals surface area contributed by atoms with Crippen LogP contribution in [0.15, 0.2) is 60.7 Å². The second-order valence-electron chi connectivity index (χ2n) is 5.47. The van der Waals surface area contributed by atoms with Crippen molar-refractivity contribution in [1.29, 1.82) is 0 Å². The van der Waals surface area contributed by atoms with E-state index in [0.29, 0.717) is 13.2 Å². The highest BCUT2D eigenvalue weighted by molar-refractivity contribution is 5.21. The summed E-state index contributed by atoms with van der Waals surface area (Å²) >= 11 is 0. The second-order valence-corrected chi connectivity index (χ2v) is 5.47. The molecular weight excluding hydrogens is 296 g/mol. The maximum atomic E-state index is 5.67. The number of ether oxygens (including phenoxy) is 5. The Morgan fingerprint density at radius 2 is 1.09 bits per heavy atom. The third kappa shape index (κ3) is 4.01. The Hall–Kier alpha value is -2.08. The van der Waals surface area contributed by atoms with Crippen LogP contribution in [0.3, 0.4) is 0 Å². The van der Waals surface area contributed by atoms with Crippen molar-refractivity contribution in [3.63, 3.8) is 0 Å². The van der Waals surface area contributed by atoms with Gasteiger partial charge in [0, 0.05) is 0 Å². The molecule has 5 nitrogen and oxygen atoms in total. The lowest BCUT2D eigenvalue weighted by Crippen LogP contribution is -2.14. The molecule has 4 atom stereocenters. The maximum absolute atomic E-state index is 5.67. The highest BCUT2D eigenvalue weighted by Crippen LogP contribution is 2.33. The van der Waals surface area contributed by atoms with Crippen LogP contribution < -0.4 is 9.47 Å². The van der Waals surface area contributed by atoms with Crippen LogP contribution in [-0.2, 0) is 14.2 Å². The van der Waals surface area contributed by atoms with E-state index in [0.717, 1.165) is 11.5 Å². The van der Waals surface area contributed by atoms with E-state index in [1.165, 1.54) is 0 Å². The molecular formula is C18H18O5. The first kappa shape index (κ1) is 14.5. The Morgan fingerprint density at radius 3 is 1.52 bits per heavy atom. The van der Waals surface area contributed by atoms with E-state index in [4.69, 9.17) is 23.7 Å². The smallest absolute Gasteiger partial charge is 0.191 e. The third-order valence-corrected chi connectivity index (χ3v) is 3.65.